The third-order valence-electron chi connectivity index (χ3n) is 9.19. The van der Waals surface area contributed by atoms with Crippen molar-refractivity contribution in [1.82, 2.24) is 0 Å². The van der Waals surface area contributed by atoms with Crippen molar-refractivity contribution in [3.63, 3.8) is 0 Å². The standard InChI is InChI=1S/C44H52O10/c1-30(2)42(45)53-26-24-51-41-20-17-38(36-15-18-39(19-16-36)50-23-25-54-44(47)32(4)29-49-6)27-40(41)37-13-11-35(12-14-37)34-9-7-33(8-10-34)21-22-52-43(46)31(3)28-48-5/h11-20,27,33-34H,1,3-4,7-10,21-26,28-29H2,2,5-6H3. The molecule has 1 aliphatic carbocycles. The highest BCUT2D eigenvalue weighted by molar-refractivity contribution is 5.88. The number of hydrogen-bond donors (Lipinski definition) is 0. The molecule has 0 unspecified atom stereocenters. The number of benzene rings is 3. The molecule has 3 aromatic carbocycles. The highest BCUT2D eigenvalue weighted by atomic mass is 16.6. The zero-order valence-electron chi connectivity index (χ0n) is 31.7. The highest BCUT2D eigenvalue weighted by Gasteiger charge is 2.23. The van der Waals surface area contributed by atoms with Crippen LogP contribution in [0.4, 0.5) is 0 Å². The van der Waals surface area contributed by atoms with Gasteiger partial charge in [0.1, 0.15) is 37.9 Å². The Kier molecular flexibility index (Phi) is 16.5. The molecule has 0 heterocycles. The number of carbonyl (C=O) groups is 3. The van der Waals surface area contributed by atoms with Crippen molar-refractivity contribution < 1.29 is 47.5 Å². The molecule has 10 heteroatoms. The van der Waals surface area contributed by atoms with Gasteiger partial charge >= 0.3 is 17.9 Å². The molecule has 4 rings (SSSR count). The van der Waals surface area contributed by atoms with E-state index in [1.54, 1.807) is 6.92 Å². The Morgan fingerprint density at radius 1 is 0.611 bits per heavy atom. The highest BCUT2D eigenvalue weighted by Crippen LogP contribution is 2.39. The minimum absolute atomic E-state index is 0.0896. The van der Waals surface area contributed by atoms with Crippen molar-refractivity contribution in [3.05, 3.63) is 109 Å². The van der Waals surface area contributed by atoms with Crippen molar-refractivity contribution >= 4 is 17.9 Å². The fraction of sp³-hybridized carbons (Fsp3) is 0.386. The van der Waals surface area contributed by atoms with Gasteiger partial charge in [0.15, 0.2) is 0 Å². The third-order valence-corrected chi connectivity index (χ3v) is 9.19. The number of carbonyl (C=O) groups excluding carboxylic acids is 3. The first-order valence-electron chi connectivity index (χ1n) is 18.2. The van der Waals surface area contributed by atoms with Crippen LogP contribution in [0.15, 0.2) is 103 Å². The molecule has 3 aromatic rings. The van der Waals surface area contributed by atoms with Gasteiger partial charge in [0.25, 0.3) is 0 Å². The molecule has 1 saturated carbocycles. The molecular weight excluding hydrogens is 688 g/mol. The first-order chi connectivity index (χ1) is 26.1. The fourth-order valence-corrected chi connectivity index (χ4v) is 6.22. The van der Waals surface area contributed by atoms with Crippen molar-refractivity contribution in [2.24, 2.45) is 5.92 Å². The van der Waals surface area contributed by atoms with Crippen LogP contribution < -0.4 is 9.47 Å². The monoisotopic (exact) mass is 740 g/mol. The summed E-state index contributed by atoms with van der Waals surface area (Å²) in [5.41, 5.74) is 6.10. The van der Waals surface area contributed by atoms with E-state index in [0.29, 0.717) is 41.1 Å². The molecule has 0 amide bonds. The summed E-state index contributed by atoms with van der Waals surface area (Å²) in [5, 5.41) is 0. The van der Waals surface area contributed by atoms with Gasteiger partial charge in [-0.25, -0.2) is 14.4 Å². The summed E-state index contributed by atoms with van der Waals surface area (Å²) in [7, 11) is 3.02. The topological polar surface area (TPSA) is 116 Å². The smallest absolute Gasteiger partial charge is 0.335 e. The Labute approximate surface area is 318 Å². The van der Waals surface area contributed by atoms with Gasteiger partial charge in [-0.3, -0.25) is 0 Å². The van der Waals surface area contributed by atoms with Crippen molar-refractivity contribution in [2.45, 2.75) is 44.9 Å². The molecule has 0 spiro atoms. The summed E-state index contributed by atoms with van der Waals surface area (Å²) < 4.78 is 37.6. The number of ether oxygens (including phenoxy) is 7. The average Bonchev–Trinajstić information content (AvgIpc) is 3.18. The fourth-order valence-electron chi connectivity index (χ4n) is 6.22. The average molecular weight is 741 g/mol. The lowest BCUT2D eigenvalue weighted by atomic mass is 9.77. The van der Waals surface area contributed by atoms with Crippen LogP contribution in [0.3, 0.4) is 0 Å². The van der Waals surface area contributed by atoms with Crippen LogP contribution in [0.1, 0.15) is 50.5 Å². The van der Waals surface area contributed by atoms with Gasteiger partial charge in [-0.15, -0.1) is 0 Å². The second-order valence-electron chi connectivity index (χ2n) is 13.3. The second-order valence-corrected chi connectivity index (χ2v) is 13.3. The van der Waals surface area contributed by atoms with Gasteiger partial charge < -0.3 is 33.2 Å². The largest absolute Gasteiger partial charge is 0.490 e. The Hall–Kier alpha value is -5.19. The summed E-state index contributed by atoms with van der Waals surface area (Å²) in [6.45, 7) is 13.9. The maximum atomic E-state index is 12.0. The zero-order valence-corrected chi connectivity index (χ0v) is 31.7. The number of hydrogen-bond acceptors (Lipinski definition) is 10. The third kappa shape index (κ3) is 12.7. The molecule has 0 aromatic heterocycles. The number of rotatable bonds is 21. The molecule has 0 N–H and O–H groups in total. The lowest BCUT2D eigenvalue weighted by molar-refractivity contribution is -0.141. The van der Waals surface area contributed by atoms with Gasteiger partial charge in [-0.2, -0.15) is 0 Å². The summed E-state index contributed by atoms with van der Waals surface area (Å²) in [6, 6.07) is 22.4. The van der Waals surface area contributed by atoms with Crippen LogP contribution in [0.2, 0.25) is 0 Å². The van der Waals surface area contributed by atoms with Crippen LogP contribution in [0.5, 0.6) is 11.5 Å². The maximum Gasteiger partial charge on any atom is 0.335 e. The van der Waals surface area contributed by atoms with Crippen LogP contribution in [0.25, 0.3) is 22.3 Å². The number of esters is 3. The first kappa shape index (κ1) is 41.6. The van der Waals surface area contributed by atoms with Gasteiger partial charge in [-0.1, -0.05) is 62.2 Å². The molecule has 0 saturated heterocycles. The van der Waals surface area contributed by atoms with Crippen LogP contribution in [-0.4, -0.2) is 78.4 Å². The summed E-state index contributed by atoms with van der Waals surface area (Å²) in [4.78, 5) is 35.8. The van der Waals surface area contributed by atoms with E-state index >= 15 is 0 Å². The predicted octanol–water partition coefficient (Wildman–Crippen LogP) is 8.05. The molecule has 54 heavy (non-hydrogen) atoms. The minimum Gasteiger partial charge on any atom is -0.490 e. The lowest BCUT2D eigenvalue weighted by Gasteiger charge is -2.29. The Morgan fingerprint density at radius 3 is 1.74 bits per heavy atom. The molecule has 0 radical (unpaired) electrons. The van der Waals surface area contributed by atoms with E-state index in [4.69, 9.17) is 33.2 Å². The normalized spacial score (nSPS) is 15.1. The van der Waals surface area contributed by atoms with Gasteiger partial charge in [0.05, 0.1) is 31.0 Å². The summed E-state index contributed by atoms with van der Waals surface area (Å²) in [6.07, 6.45) is 5.18. The van der Waals surface area contributed by atoms with E-state index in [-0.39, 0.29) is 45.2 Å². The minimum atomic E-state index is -0.510. The maximum absolute atomic E-state index is 12.0. The molecule has 0 aliphatic heterocycles. The molecule has 0 atom stereocenters. The van der Waals surface area contributed by atoms with Crippen molar-refractivity contribution in [1.29, 1.82) is 0 Å². The van der Waals surface area contributed by atoms with Crippen LogP contribution >= 0.6 is 0 Å². The van der Waals surface area contributed by atoms with E-state index in [1.807, 2.05) is 36.4 Å². The van der Waals surface area contributed by atoms with E-state index in [9.17, 15) is 14.4 Å². The van der Waals surface area contributed by atoms with Crippen molar-refractivity contribution in [3.8, 4) is 33.8 Å². The summed E-state index contributed by atoms with van der Waals surface area (Å²) >= 11 is 0. The van der Waals surface area contributed by atoms with Crippen LogP contribution in [-0.2, 0) is 38.1 Å². The Balaban J connectivity index is 1.39. The second kappa shape index (κ2) is 21.5. The zero-order chi connectivity index (χ0) is 38.9. The van der Waals surface area contributed by atoms with Crippen LogP contribution in [0, 0.1) is 5.92 Å². The predicted molar refractivity (Wildman–Crippen MR) is 207 cm³/mol. The van der Waals surface area contributed by atoms with E-state index in [0.717, 1.165) is 54.4 Å². The molecule has 0 bridgehead atoms. The van der Waals surface area contributed by atoms with E-state index in [1.165, 1.54) is 19.8 Å². The Morgan fingerprint density at radius 2 is 1.15 bits per heavy atom. The van der Waals surface area contributed by atoms with E-state index < -0.39 is 17.9 Å². The van der Waals surface area contributed by atoms with Gasteiger partial charge in [-0.05, 0) is 97.4 Å². The molecular formula is C44H52O10. The first-order valence-corrected chi connectivity index (χ1v) is 18.2. The SMILES string of the molecule is C=C(C)C(=O)OCCOc1ccc(-c2ccc(OCCOC(=O)C(=C)COC)cc2)cc1-c1ccc(C2CCC(CCOC(=O)C(=C)COC)CC2)cc1. The number of methoxy groups -OCH3 is 2. The quantitative estimate of drug-likeness (QED) is 0.0460. The molecule has 1 fully saturated rings. The molecule has 1 aliphatic rings. The molecule has 10 nitrogen and oxygen atoms in total. The molecule has 288 valence electrons. The van der Waals surface area contributed by atoms with E-state index in [2.05, 4.69) is 50.1 Å². The Bertz CT molecular complexity index is 1730. The lowest BCUT2D eigenvalue weighted by Crippen LogP contribution is -2.17. The van der Waals surface area contributed by atoms with Crippen molar-refractivity contribution in [2.75, 3.05) is 60.5 Å². The van der Waals surface area contributed by atoms with Gasteiger partial charge in [0, 0.05) is 25.4 Å². The summed E-state index contributed by atoms with van der Waals surface area (Å²) in [5.74, 6) is 0.959. The van der Waals surface area contributed by atoms with Gasteiger partial charge in [0.2, 0.25) is 0 Å².